The monoisotopic (exact) mass is 492 g/mol. The normalized spacial score (nSPS) is 22.4. The summed E-state index contributed by atoms with van der Waals surface area (Å²) >= 11 is 0. The summed E-state index contributed by atoms with van der Waals surface area (Å²) in [6, 6.07) is 7.78. The van der Waals surface area contributed by atoms with Crippen molar-refractivity contribution in [3.63, 3.8) is 0 Å². The number of anilines is 1. The molecule has 192 valence electrons. The summed E-state index contributed by atoms with van der Waals surface area (Å²) in [4.78, 5) is 15.0. The molecule has 1 N–H and O–H groups in total. The second-order valence-corrected chi connectivity index (χ2v) is 12.3. The van der Waals surface area contributed by atoms with E-state index in [1.807, 2.05) is 24.3 Å². The predicted molar refractivity (Wildman–Crippen MR) is 139 cm³/mol. The topological polar surface area (TPSA) is 75.7 Å². The summed E-state index contributed by atoms with van der Waals surface area (Å²) in [5.41, 5.74) is 0.221. The Morgan fingerprint density at radius 1 is 0.912 bits per heavy atom. The van der Waals surface area contributed by atoms with Crippen molar-refractivity contribution in [2.24, 2.45) is 0 Å². The van der Waals surface area contributed by atoms with Crippen molar-refractivity contribution < 1.29 is 17.9 Å². The molecule has 0 aliphatic carbocycles. The van der Waals surface area contributed by atoms with Crippen LogP contribution in [0.1, 0.15) is 90.4 Å². The molecule has 2 aliphatic heterocycles. The number of hydrogen-bond donors (Lipinski definition) is 1. The minimum Gasteiger partial charge on any atom is -0.477 e. The van der Waals surface area contributed by atoms with Crippen molar-refractivity contribution in [2.75, 3.05) is 36.0 Å². The molecule has 6 nitrogen and oxygen atoms in total. The van der Waals surface area contributed by atoms with Crippen molar-refractivity contribution in [1.29, 1.82) is 0 Å². The van der Waals surface area contributed by atoms with Gasteiger partial charge in [-0.15, -0.1) is 0 Å². The molecule has 34 heavy (non-hydrogen) atoms. The van der Waals surface area contributed by atoms with Crippen LogP contribution >= 0.6 is 0 Å². The first-order chi connectivity index (χ1) is 16.4. The van der Waals surface area contributed by atoms with Gasteiger partial charge in [0.05, 0.1) is 11.5 Å². The average molecular weight is 493 g/mol. The van der Waals surface area contributed by atoms with Crippen LogP contribution in [0, 0.1) is 0 Å². The number of carbonyl (C=O) groups excluding carboxylic acids is 1. The van der Waals surface area contributed by atoms with Crippen molar-refractivity contribution >= 4 is 21.4 Å². The summed E-state index contributed by atoms with van der Waals surface area (Å²) in [6.07, 6.45) is 15.1. The molecule has 3 rings (SSSR count). The molecule has 0 saturated carbocycles. The van der Waals surface area contributed by atoms with Crippen molar-refractivity contribution in [2.45, 2.75) is 96.0 Å². The number of nitrogens with one attached hydrogen (secondary N) is 1. The van der Waals surface area contributed by atoms with Crippen LogP contribution in [0.3, 0.4) is 0 Å². The lowest BCUT2D eigenvalue weighted by molar-refractivity contribution is -0.141. The highest BCUT2D eigenvalue weighted by atomic mass is 32.2. The van der Waals surface area contributed by atoms with Crippen LogP contribution in [0.4, 0.5) is 5.69 Å². The average Bonchev–Trinajstić information content (AvgIpc) is 2.83. The number of hydrogen-bond acceptors (Lipinski definition) is 5. The lowest BCUT2D eigenvalue weighted by Crippen LogP contribution is -2.55. The molecule has 7 heteroatoms. The van der Waals surface area contributed by atoms with Crippen molar-refractivity contribution in [3.05, 3.63) is 24.3 Å². The molecule has 2 fully saturated rings. The summed E-state index contributed by atoms with van der Waals surface area (Å²) in [7, 11) is -2.90. The predicted octanol–water partition coefficient (Wildman–Crippen LogP) is 5.26. The zero-order valence-electron chi connectivity index (χ0n) is 21.0. The highest BCUT2D eigenvalue weighted by Crippen LogP contribution is 2.32. The van der Waals surface area contributed by atoms with E-state index < -0.39 is 15.4 Å². The van der Waals surface area contributed by atoms with E-state index >= 15 is 0 Å². The van der Waals surface area contributed by atoms with Crippen LogP contribution in [-0.2, 0) is 14.6 Å². The van der Waals surface area contributed by atoms with Gasteiger partial charge < -0.3 is 15.0 Å². The largest absolute Gasteiger partial charge is 0.477 e. The van der Waals surface area contributed by atoms with Gasteiger partial charge in [-0.1, -0.05) is 64.7 Å². The van der Waals surface area contributed by atoms with Gasteiger partial charge in [0.2, 0.25) is 0 Å². The molecule has 2 heterocycles. The molecule has 1 aromatic rings. The second-order valence-electron chi connectivity index (χ2n) is 10.0. The number of sulfone groups is 1. The zero-order chi connectivity index (χ0) is 24.3. The third-order valence-corrected chi connectivity index (χ3v) is 8.86. The number of ether oxygens (including phenoxy) is 1. The van der Waals surface area contributed by atoms with E-state index in [2.05, 4.69) is 17.1 Å². The Kier molecular flexibility index (Phi) is 10.5. The maximum Gasteiger partial charge on any atom is 0.264 e. The molecule has 0 bridgehead atoms. The lowest BCUT2D eigenvalue weighted by atomic mass is 9.87. The Balaban J connectivity index is 1.47. The minimum absolute atomic E-state index is 0.0139. The third-order valence-electron chi connectivity index (χ3n) is 7.25. The van der Waals surface area contributed by atoms with Crippen molar-refractivity contribution in [1.82, 2.24) is 5.32 Å². The van der Waals surface area contributed by atoms with Gasteiger partial charge in [-0.3, -0.25) is 4.79 Å². The standard InChI is InChI=1S/C27H44N2O4S/c1-2-3-4-5-6-7-8-9-10-11-17-27(18-12-19-28-26(27)30)33-25-15-13-24(14-16-25)29-20-22-34(31,32)23-21-29/h13-16H,2-12,17-23H2,1H3,(H,28,30). The highest BCUT2D eigenvalue weighted by molar-refractivity contribution is 7.91. The van der Waals surface area contributed by atoms with E-state index in [9.17, 15) is 13.2 Å². The quantitative estimate of drug-likeness (QED) is 0.359. The molecule has 1 amide bonds. The fraction of sp³-hybridized carbons (Fsp3) is 0.741. The van der Waals surface area contributed by atoms with Crippen LogP contribution in [0.2, 0.25) is 0 Å². The van der Waals surface area contributed by atoms with Crippen LogP contribution in [0.15, 0.2) is 24.3 Å². The molecular formula is C27H44N2O4S. The number of rotatable bonds is 14. The van der Waals surface area contributed by atoms with Crippen LogP contribution in [0.5, 0.6) is 5.75 Å². The fourth-order valence-corrected chi connectivity index (χ4v) is 6.26. The Hall–Kier alpha value is -1.76. The van der Waals surface area contributed by atoms with Gasteiger partial charge in [0, 0.05) is 25.3 Å². The van der Waals surface area contributed by atoms with Gasteiger partial charge in [0.25, 0.3) is 5.91 Å². The van der Waals surface area contributed by atoms with Crippen molar-refractivity contribution in [3.8, 4) is 5.75 Å². The van der Waals surface area contributed by atoms with E-state index in [4.69, 9.17) is 4.74 Å². The summed E-state index contributed by atoms with van der Waals surface area (Å²) in [6.45, 7) is 4.02. The maximum absolute atomic E-state index is 12.9. The summed E-state index contributed by atoms with van der Waals surface area (Å²) in [5.74, 6) is 1.12. The van der Waals surface area contributed by atoms with Gasteiger partial charge in [-0.25, -0.2) is 8.42 Å². The van der Waals surface area contributed by atoms with Gasteiger partial charge in [0.15, 0.2) is 15.4 Å². The number of carbonyl (C=O) groups is 1. The fourth-order valence-electron chi connectivity index (χ4n) is 5.06. The minimum atomic E-state index is -2.90. The van der Waals surface area contributed by atoms with Crippen LogP contribution in [0.25, 0.3) is 0 Å². The molecule has 0 aromatic heterocycles. The molecule has 0 radical (unpaired) electrons. The third kappa shape index (κ3) is 8.17. The number of benzene rings is 1. The maximum atomic E-state index is 12.9. The molecule has 1 unspecified atom stereocenters. The van der Waals surface area contributed by atoms with Gasteiger partial charge in [-0.05, 0) is 49.9 Å². The molecule has 1 atom stereocenters. The van der Waals surface area contributed by atoms with E-state index in [0.29, 0.717) is 18.8 Å². The van der Waals surface area contributed by atoms with Gasteiger partial charge in [0.1, 0.15) is 5.75 Å². The second kappa shape index (κ2) is 13.4. The zero-order valence-corrected chi connectivity index (χ0v) is 21.8. The number of piperidine rings is 1. The number of nitrogens with zero attached hydrogens (tertiary/aromatic N) is 1. The first kappa shape index (κ1) is 26.8. The summed E-state index contributed by atoms with van der Waals surface area (Å²) < 4.78 is 29.8. The molecule has 0 spiro atoms. The highest BCUT2D eigenvalue weighted by Gasteiger charge is 2.42. The lowest BCUT2D eigenvalue weighted by Gasteiger charge is -2.36. The summed E-state index contributed by atoms with van der Waals surface area (Å²) in [5, 5.41) is 3.02. The smallest absolute Gasteiger partial charge is 0.264 e. The Labute approximate surface area is 206 Å². The number of amides is 1. The SMILES string of the molecule is CCCCCCCCCCCCC1(Oc2ccc(N3CCS(=O)(=O)CC3)cc2)CCCNC1=O. The Bertz CT molecular complexity index is 842. The van der Waals surface area contributed by atoms with E-state index in [-0.39, 0.29) is 17.4 Å². The van der Waals surface area contributed by atoms with Gasteiger partial charge in [-0.2, -0.15) is 0 Å². The molecular weight excluding hydrogens is 448 g/mol. The number of unbranched alkanes of at least 4 members (excludes halogenated alkanes) is 9. The molecule has 2 aliphatic rings. The molecule has 2 saturated heterocycles. The Morgan fingerprint density at radius 2 is 1.50 bits per heavy atom. The van der Waals surface area contributed by atoms with Gasteiger partial charge >= 0.3 is 0 Å². The van der Waals surface area contributed by atoms with E-state index in [0.717, 1.165) is 44.3 Å². The van der Waals surface area contributed by atoms with Crippen LogP contribution in [-0.4, -0.2) is 51.1 Å². The van der Waals surface area contributed by atoms with Crippen LogP contribution < -0.4 is 15.0 Å². The molecule has 1 aromatic carbocycles. The first-order valence-corrected chi connectivity index (χ1v) is 15.3. The van der Waals surface area contributed by atoms with E-state index in [1.165, 1.54) is 51.4 Å². The Morgan fingerprint density at radius 3 is 2.09 bits per heavy atom. The van der Waals surface area contributed by atoms with E-state index in [1.54, 1.807) is 0 Å². The first-order valence-electron chi connectivity index (χ1n) is 13.5.